The van der Waals surface area contributed by atoms with Crippen molar-refractivity contribution in [3.63, 3.8) is 0 Å². The Balaban J connectivity index is 0.00000338. The number of hydrogen-bond acceptors (Lipinski definition) is 3. The second-order valence-electron chi connectivity index (χ2n) is 6.10. The van der Waals surface area contributed by atoms with Gasteiger partial charge in [-0.2, -0.15) is 13.2 Å². The lowest BCUT2D eigenvalue weighted by atomic mass is 9.80. The van der Waals surface area contributed by atoms with E-state index in [9.17, 15) is 26.7 Å². The van der Waals surface area contributed by atoms with Crippen molar-refractivity contribution >= 4 is 6.03 Å². The highest BCUT2D eigenvalue weighted by atomic mass is 19.4. The van der Waals surface area contributed by atoms with Gasteiger partial charge in [0.05, 0.1) is 5.92 Å². The Hall–Kier alpha value is -2.13. The van der Waals surface area contributed by atoms with Gasteiger partial charge in [-0.15, -0.1) is 0 Å². The number of halogens is 5. The van der Waals surface area contributed by atoms with E-state index in [1.54, 1.807) is 6.07 Å². The predicted molar refractivity (Wildman–Crippen MR) is 82.5 cm³/mol. The van der Waals surface area contributed by atoms with Crippen LogP contribution in [0.3, 0.4) is 0 Å². The van der Waals surface area contributed by atoms with E-state index in [-0.39, 0.29) is 28.1 Å². The fourth-order valence-electron chi connectivity index (χ4n) is 2.26. The standard InChI is InChI=1S/C15H18F5N3O2.2H2/c1-14(16,17)8-25-12-4-9(2-3-21-12)7-22-13(24)23-11-5-10(6-11)15(18,19)20;;/h2-4,10-11H,5-8H2,1H3,(H2,22,23,24);2*1H. The minimum Gasteiger partial charge on any atom is -0.471 e. The fraction of sp³-hybridized carbons (Fsp3) is 0.600. The molecule has 0 radical (unpaired) electrons. The van der Waals surface area contributed by atoms with Crippen LogP contribution in [0.15, 0.2) is 18.3 Å². The first kappa shape index (κ1) is 19.2. The summed E-state index contributed by atoms with van der Waals surface area (Å²) >= 11 is 0. The van der Waals surface area contributed by atoms with Crippen LogP contribution in [-0.2, 0) is 6.54 Å². The van der Waals surface area contributed by atoms with E-state index in [0.29, 0.717) is 12.5 Å². The Morgan fingerprint density at radius 2 is 2.04 bits per heavy atom. The first-order valence-corrected chi connectivity index (χ1v) is 7.59. The molecule has 0 unspecified atom stereocenters. The molecule has 144 valence electrons. The van der Waals surface area contributed by atoms with Gasteiger partial charge in [-0.3, -0.25) is 0 Å². The minimum atomic E-state index is -4.22. The number of rotatable bonds is 6. The SMILES string of the molecule is CC(F)(F)COc1cc(CNC(=O)NC2CC(C(F)(F)F)C2)ccn1.[HH].[HH]. The zero-order valence-corrected chi connectivity index (χ0v) is 13.4. The highest BCUT2D eigenvalue weighted by Crippen LogP contribution is 2.40. The molecule has 0 atom stereocenters. The molecule has 2 amide bonds. The van der Waals surface area contributed by atoms with Gasteiger partial charge in [0.2, 0.25) is 5.88 Å². The molecule has 0 spiro atoms. The van der Waals surface area contributed by atoms with Crippen LogP contribution in [0.1, 0.15) is 28.2 Å². The van der Waals surface area contributed by atoms with E-state index in [1.807, 2.05) is 0 Å². The lowest BCUT2D eigenvalue weighted by Gasteiger charge is -2.36. The van der Waals surface area contributed by atoms with Crippen molar-refractivity contribution in [1.82, 2.24) is 15.6 Å². The van der Waals surface area contributed by atoms with Crippen LogP contribution in [0.2, 0.25) is 0 Å². The lowest BCUT2D eigenvalue weighted by Crippen LogP contribution is -2.51. The molecule has 1 aromatic heterocycles. The molecule has 0 aromatic carbocycles. The van der Waals surface area contributed by atoms with E-state index in [2.05, 4.69) is 15.6 Å². The van der Waals surface area contributed by atoms with Crippen LogP contribution in [0, 0.1) is 5.92 Å². The van der Waals surface area contributed by atoms with E-state index in [1.165, 1.54) is 12.3 Å². The molecule has 0 bridgehead atoms. The lowest BCUT2D eigenvalue weighted by molar-refractivity contribution is -0.198. The van der Waals surface area contributed by atoms with Crippen molar-refractivity contribution in [2.75, 3.05) is 6.61 Å². The van der Waals surface area contributed by atoms with Crippen LogP contribution < -0.4 is 15.4 Å². The summed E-state index contributed by atoms with van der Waals surface area (Å²) in [6.07, 6.45) is -3.14. The number of urea groups is 1. The number of hydrogen-bond donors (Lipinski definition) is 2. The van der Waals surface area contributed by atoms with Gasteiger partial charge in [0.15, 0.2) is 6.61 Å². The quantitative estimate of drug-likeness (QED) is 0.749. The summed E-state index contributed by atoms with van der Waals surface area (Å²) in [6, 6.07) is 1.86. The molecule has 5 nitrogen and oxygen atoms in total. The number of pyridine rings is 1. The second-order valence-corrected chi connectivity index (χ2v) is 6.10. The Morgan fingerprint density at radius 3 is 2.64 bits per heavy atom. The number of nitrogens with zero attached hydrogens (tertiary/aromatic N) is 1. The smallest absolute Gasteiger partial charge is 0.391 e. The molecule has 1 aliphatic rings. The maximum Gasteiger partial charge on any atom is 0.391 e. The van der Waals surface area contributed by atoms with Crippen LogP contribution >= 0.6 is 0 Å². The molecule has 1 fully saturated rings. The number of alkyl halides is 5. The topological polar surface area (TPSA) is 63.2 Å². The second kappa shape index (κ2) is 7.40. The molecular formula is C15H22F5N3O2. The van der Waals surface area contributed by atoms with Crippen molar-refractivity contribution in [3.05, 3.63) is 23.9 Å². The summed E-state index contributed by atoms with van der Waals surface area (Å²) in [5.74, 6) is -4.37. The van der Waals surface area contributed by atoms with Gasteiger partial charge in [-0.1, -0.05) is 0 Å². The van der Waals surface area contributed by atoms with Crippen LogP contribution in [0.25, 0.3) is 0 Å². The molecule has 1 aromatic rings. The van der Waals surface area contributed by atoms with E-state index in [4.69, 9.17) is 4.74 Å². The van der Waals surface area contributed by atoms with Gasteiger partial charge in [0.25, 0.3) is 5.92 Å². The zero-order chi connectivity index (χ0) is 18.7. The summed E-state index contributed by atoms with van der Waals surface area (Å²) in [7, 11) is 0. The van der Waals surface area contributed by atoms with Gasteiger partial charge in [0.1, 0.15) is 0 Å². The van der Waals surface area contributed by atoms with Crippen molar-refractivity contribution < 1.29 is 34.3 Å². The van der Waals surface area contributed by atoms with E-state index < -0.39 is 36.7 Å². The van der Waals surface area contributed by atoms with Crippen LogP contribution in [-0.4, -0.2) is 35.8 Å². The first-order chi connectivity index (χ1) is 11.5. The number of nitrogens with one attached hydrogen (secondary N) is 2. The first-order valence-electron chi connectivity index (χ1n) is 7.59. The number of aromatic nitrogens is 1. The third-order valence-corrected chi connectivity index (χ3v) is 3.66. The molecule has 1 saturated carbocycles. The Morgan fingerprint density at radius 1 is 1.36 bits per heavy atom. The average Bonchev–Trinajstić information content (AvgIpc) is 2.45. The number of ether oxygens (including phenoxy) is 1. The molecule has 2 rings (SSSR count). The highest BCUT2D eigenvalue weighted by Gasteiger charge is 2.48. The largest absolute Gasteiger partial charge is 0.471 e. The molecule has 25 heavy (non-hydrogen) atoms. The monoisotopic (exact) mass is 371 g/mol. The van der Waals surface area contributed by atoms with Gasteiger partial charge in [0, 0.05) is 34.6 Å². The Kier molecular flexibility index (Phi) is 5.69. The van der Waals surface area contributed by atoms with Crippen LogP contribution in [0.4, 0.5) is 26.7 Å². The van der Waals surface area contributed by atoms with Gasteiger partial charge in [-0.25, -0.2) is 18.6 Å². The molecule has 1 aliphatic carbocycles. The number of carbonyl (C=O) groups excluding carboxylic acids is 1. The fourth-order valence-corrected chi connectivity index (χ4v) is 2.26. The Labute approximate surface area is 143 Å². The van der Waals surface area contributed by atoms with Crippen molar-refractivity contribution in [2.24, 2.45) is 5.92 Å². The van der Waals surface area contributed by atoms with Gasteiger partial charge < -0.3 is 15.4 Å². The third-order valence-electron chi connectivity index (χ3n) is 3.66. The minimum absolute atomic E-state index is 0. The Bertz CT molecular complexity index is 608. The molecular weight excluding hydrogens is 349 g/mol. The third kappa shape index (κ3) is 6.35. The molecule has 1 heterocycles. The summed E-state index contributed by atoms with van der Waals surface area (Å²) in [4.78, 5) is 15.4. The summed E-state index contributed by atoms with van der Waals surface area (Å²) in [5.41, 5.74) is 0.557. The normalized spacial score (nSPS) is 20.6. The summed E-state index contributed by atoms with van der Waals surface area (Å²) in [6.45, 7) is -0.0470. The van der Waals surface area contributed by atoms with E-state index in [0.717, 1.165) is 0 Å². The average molecular weight is 371 g/mol. The number of amides is 2. The molecule has 0 saturated heterocycles. The maximum atomic E-state index is 12.7. The summed E-state index contributed by atoms with van der Waals surface area (Å²) in [5, 5.41) is 4.94. The molecule has 0 aliphatic heterocycles. The van der Waals surface area contributed by atoms with Crippen LogP contribution in [0.5, 0.6) is 5.88 Å². The van der Waals surface area contributed by atoms with Crippen molar-refractivity contribution in [3.8, 4) is 5.88 Å². The molecule has 10 heteroatoms. The van der Waals surface area contributed by atoms with Crippen molar-refractivity contribution in [2.45, 2.75) is 44.5 Å². The van der Waals surface area contributed by atoms with Gasteiger partial charge >= 0.3 is 12.2 Å². The molecule has 2 N–H and O–H groups in total. The number of carbonyl (C=O) groups is 1. The van der Waals surface area contributed by atoms with Gasteiger partial charge in [-0.05, 0) is 24.5 Å². The maximum absolute atomic E-state index is 12.7. The summed E-state index contributed by atoms with van der Waals surface area (Å²) < 4.78 is 67.4. The highest BCUT2D eigenvalue weighted by molar-refractivity contribution is 5.74. The van der Waals surface area contributed by atoms with E-state index >= 15 is 0 Å². The zero-order valence-electron chi connectivity index (χ0n) is 13.4. The predicted octanol–water partition coefficient (Wildman–Crippen LogP) is 3.75. The van der Waals surface area contributed by atoms with Crippen molar-refractivity contribution in [1.29, 1.82) is 0 Å².